The summed E-state index contributed by atoms with van der Waals surface area (Å²) in [4.78, 5) is 26.6. The highest BCUT2D eigenvalue weighted by molar-refractivity contribution is 5.81. The monoisotopic (exact) mass is 228 g/mol. The fraction of sp³-hybridized carbons (Fsp3) is 0.818. The zero-order valence-corrected chi connectivity index (χ0v) is 10.4. The van der Waals surface area contributed by atoms with Gasteiger partial charge in [0, 0.05) is 31.6 Å². The van der Waals surface area contributed by atoms with Crippen molar-refractivity contribution >= 4 is 12.0 Å². The van der Waals surface area contributed by atoms with E-state index >= 15 is 0 Å². The third-order valence-electron chi connectivity index (χ3n) is 2.64. The predicted octanol–water partition coefficient (Wildman–Crippen LogP) is 0.943. The van der Waals surface area contributed by atoms with Crippen LogP contribution in [0.15, 0.2) is 0 Å². The molecule has 0 spiro atoms. The van der Waals surface area contributed by atoms with Crippen molar-refractivity contribution < 1.29 is 14.3 Å². The molecule has 92 valence electrons. The Morgan fingerprint density at radius 1 is 1.00 bits per heavy atom. The first-order valence-electron chi connectivity index (χ1n) is 5.48. The van der Waals surface area contributed by atoms with Gasteiger partial charge in [0.25, 0.3) is 0 Å². The molecule has 1 aliphatic rings. The van der Waals surface area contributed by atoms with Crippen molar-refractivity contribution in [2.45, 2.75) is 20.8 Å². The zero-order valence-electron chi connectivity index (χ0n) is 10.4. The molecule has 0 aromatic heterocycles. The Bertz CT molecular complexity index is 275. The van der Waals surface area contributed by atoms with Crippen LogP contribution in [-0.4, -0.2) is 55.1 Å². The van der Waals surface area contributed by atoms with Gasteiger partial charge in [0.1, 0.15) is 0 Å². The summed E-state index contributed by atoms with van der Waals surface area (Å²) in [5, 5.41) is 0. The van der Waals surface area contributed by atoms with Crippen molar-refractivity contribution in [3.8, 4) is 0 Å². The van der Waals surface area contributed by atoms with Gasteiger partial charge < -0.3 is 14.5 Å². The van der Waals surface area contributed by atoms with Crippen molar-refractivity contribution in [2.24, 2.45) is 5.41 Å². The number of hydrogen-bond acceptors (Lipinski definition) is 3. The van der Waals surface area contributed by atoms with Crippen LogP contribution in [0.4, 0.5) is 4.79 Å². The summed E-state index contributed by atoms with van der Waals surface area (Å²) in [6.07, 6.45) is -0.317. The first-order valence-corrected chi connectivity index (χ1v) is 5.48. The smallest absolute Gasteiger partial charge is 0.409 e. The second-order valence-corrected chi connectivity index (χ2v) is 5.00. The minimum absolute atomic E-state index is 0.136. The van der Waals surface area contributed by atoms with Crippen molar-refractivity contribution in [2.75, 3.05) is 33.3 Å². The molecule has 2 amide bonds. The van der Waals surface area contributed by atoms with Crippen LogP contribution in [0, 0.1) is 5.41 Å². The normalized spacial score (nSPS) is 17.2. The lowest BCUT2D eigenvalue weighted by atomic mass is 9.94. The number of amides is 2. The van der Waals surface area contributed by atoms with E-state index in [-0.39, 0.29) is 17.4 Å². The first-order chi connectivity index (χ1) is 7.36. The molecule has 0 aromatic carbocycles. The van der Waals surface area contributed by atoms with Gasteiger partial charge in [0.15, 0.2) is 0 Å². The quantitative estimate of drug-likeness (QED) is 0.620. The Labute approximate surface area is 96.3 Å². The molecule has 1 heterocycles. The van der Waals surface area contributed by atoms with E-state index in [2.05, 4.69) is 4.74 Å². The Kier molecular flexibility index (Phi) is 3.78. The summed E-state index contributed by atoms with van der Waals surface area (Å²) in [5.41, 5.74) is -0.354. The highest BCUT2D eigenvalue weighted by atomic mass is 16.5. The van der Waals surface area contributed by atoms with E-state index in [0.717, 1.165) is 0 Å². The number of carbonyl (C=O) groups is 2. The van der Waals surface area contributed by atoms with Crippen molar-refractivity contribution in [1.82, 2.24) is 9.80 Å². The van der Waals surface area contributed by atoms with E-state index in [1.807, 2.05) is 20.8 Å². The van der Waals surface area contributed by atoms with Crippen LogP contribution in [0.25, 0.3) is 0 Å². The van der Waals surface area contributed by atoms with E-state index in [1.165, 1.54) is 7.11 Å². The van der Waals surface area contributed by atoms with Gasteiger partial charge >= 0.3 is 6.09 Å². The molecule has 1 aliphatic heterocycles. The maximum absolute atomic E-state index is 12.0. The van der Waals surface area contributed by atoms with Gasteiger partial charge in [0.05, 0.1) is 7.11 Å². The summed E-state index contributed by atoms with van der Waals surface area (Å²) in [5.74, 6) is 0.136. The van der Waals surface area contributed by atoms with E-state index in [0.29, 0.717) is 26.2 Å². The standard InChI is InChI=1S/C11H20N2O3/c1-11(2,3)9(14)12-5-7-13(8-6-12)10(15)16-4/h5-8H2,1-4H3. The Hall–Kier alpha value is -1.26. The van der Waals surface area contributed by atoms with Crippen molar-refractivity contribution in [3.63, 3.8) is 0 Å². The van der Waals surface area contributed by atoms with Gasteiger partial charge in [-0.25, -0.2) is 4.79 Å². The molecular formula is C11H20N2O3. The van der Waals surface area contributed by atoms with Crippen LogP contribution >= 0.6 is 0 Å². The molecule has 0 aliphatic carbocycles. The third-order valence-corrected chi connectivity index (χ3v) is 2.64. The average Bonchev–Trinajstić information content (AvgIpc) is 2.26. The minimum atomic E-state index is -0.354. The molecule has 0 unspecified atom stereocenters. The lowest BCUT2D eigenvalue weighted by Gasteiger charge is -2.36. The number of carbonyl (C=O) groups excluding carboxylic acids is 2. The third kappa shape index (κ3) is 2.87. The van der Waals surface area contributed by atoms with Gasteiger partial charge in [-0.1, -0.05) is 20.8 Å². The summed E-state index contributed by atoms with van der Waals surface area (Å²) < 4.78 is 4.64. The maximum Gasteiger partial charge on any atom is 0.409 e. The molecule has 5 nitrogen and oxygen atoms in total. The molecule has 16 heavy (non-hydrogen) atoms. The topological polar surface area (TPSA) is 49.9 Å². The van der Waals surface area contributed by atoms with E-state index in [4.69, 9.17) is 0 Å². The molecule has 1 saturated heterocycles. The number of hydrogen-bond donors (Lipinski definition) is 0. The number of rotatable bonds is 0. The molecule has 1 fully saturated rings. The molecule has 0 radical (unpaired) electrons. The molecule has 0 saturated carbocycles. The maximum atomic E-state index is 12.0. The van der Waals surface area contributed by atoms with Crippen LogP contribution < -0.4 is 0 Å². The van der Waals surface area contributed by atoms with Gasteiger partial charge in [-0.05, 0) is 0 Å². The lowest BCUT2D eigenvalue weighted by molar-refractivity contribution is -0.141. The molecule has 0 aromatic rings. The van der Waals surface area contributed by atoms with Crippen LogP contribution in [0.1, 0.15) is 20.8 Å². The minimum Gasteiger partial charge on any atom is -0.453 e. The molecule has 5 heteroatoms. The summed E-state index contributed by atoms with van der Waals surface area (Å²) in [6.45, 7) is 7.99. The number of methoxy groups -OCH3 is 1. The number of piperazine rings is 1. The summed E-state index contributed by atoms with van der Waals surface area (Å²) >= 11 is 0. The molecule has 0 atom stereocenters. The Morgan fingerprint density at radius 2 is 1.44 bits per heavy atom. The van der Waals surface area contributed by atoms with Gasteiger partial charge in [-0.15, -0.1) is 0 Å². The molecule has 0 bridgehead atoms. The van der Waals surface area contributed by atoms with E-state index in [1.54, 1.807) is 9.80 Å². The summed E-state index contributed by atoms with van der Waals surface area (Å²) in [6, 6.07) is 0. The fourth-order valence-corrected chi connectivity index (χ4v) is 1.70. The second kappa shape index (κ2) is 4.72. The number of nitrogens with zero attached hydrogens (tertiary/aromatic N) is 2. The average molecular weight is 228 g/mol. The number of ether oxygens (including phenoxy) is 1. The summed E-state index contributed by atoms with van der Waals surface area (Å²) in [7, 11) is 1.37. The lowest BCUT2D eigenvalue weighted by Crippen LogP contribution is -2.53. The van der Waals surface area contributed by atoms with Crippen LogP contribution in [-0.2, 0) is 9.53 Å². The van der Waals surface area contributed by atoms with E-state index in [9.17, 15) is 9.59 Å². The predicted molar refractivity (Wildman–Crippen MR) is 60.0 cm³/mol. The van der Waals surface area contributed by atoms with Crippen LogP contribution in [0.5, 0.6) is 0 Å². The van der Waals surface area contributed by atoms with Gasteiger partial charge in [0.2, 0.25) is 5.91 Å². The SMILES string of the molecule is COC(=O)N1CCN(C(=O)C(C)(C)C)CC1. The zero-order chi connectivity index (χ0) is 12.3. The molecule has 1 rings (SSSR count). The largest absolute Gasteiger partial charge is 0.453 e. The Balaban J connectivity index is 2.49. The first kappa shape index (κ1) is 12.8. The van der Waals surface area contributed by atoms with Crippen LogP contribution in [0.2, 0.25) is 0 Å². The highest BCUT2D eigenvalue weighted by Gasteiger charge is 2.30. The highest BCUT2D eigenvalue weighted by Crippen LogP contribution is 2.18. The van der Waals surface area contributed by atoms with Crippen molar-refractivity contribution in [1.29, 1.82) is 0 Å². The van der Waals surface area contributed by atoms with E-state index < -0.39 is 0 Å². The van der Waals surface area contributed by atoms with Gasteiger partial charge in [-0.3, -0.25) is 4.79 Å². The molecule has 0 N–H and O–H groups in total. The second-order valence-electron chi connectivity index (χ2n) is 5.00. The Morgan fingerprint density at radius 3 is 1.81 bits per heavy atom. The fourth-order valence-electron chi connectivity index (χ4n) is 1.70. The van der Waals surface area contributed by atoms with Crippen LogP contribution in [0.3, 0.4) is 0 Å². The van der Waals surface area contributed by atoms with Gasteiger partial charge in [-0.2, -0.15) is 0 Å². The molecular weight excluding hydrogens is 208 g/mol. The van der Waals surface area contributed by atoms with Crippen molar-refractivity contribution in [3.05, 3.63) is 0 Å².